The average molecular weight is 226 g/mol. The molecule has 0 atom stereocenters. The first-order valence-corrected chi connectivity index (χ1v) is 5.84. The van der Waals surface area contributed by atoms with Crippen LogP contribution in [0.15, 0.2) is 18.2 Å². The molecule has 0 fully saturated rings. The highest BCUT2D eigenvalue weighted by molar-refractivity contribution is 7.89. The Hall–Kier alpha value is -1.65. The molecule has 0 aromatic carbocycles. The van der Waals surface area contributed by atoms with Gasteiger partial charge in [0.05, 0.1) is 5.75 Å². The zero-order valence-corrected chi connectivity index (χ0v) is 8.66. The van der Waals surface area contributed by atoms with E-state index in [0.29, 0.717) is 5.82 Å². The third-order valence-electron chi connectivity index (χ3n) is 1.56. The summed E-state index contributed by atoms with van der Waals surface area (Å²) in [6.45, 7) is 0.167. The van der Waals surface area contributed by atoms with Crippen molar-refractivity contribution >= 4 is 15.8 Å². The highest BCUT2D eigenvalue weighted by Crippen LogP contribution is 2.03. The van der Waals surface area contributed by atoms with E-state index in [0.717, 1.165) is 0 Å². The molecular formula is C8H10N4O2S. The lowest BCUT2D eigenvalue weighted by Crippen LogP contribution is -2.22. The van der Waals surface area contributed by atoms with E-state index in [9.17, 15) is 8.42 Å². The van der Waals surface area contributed by atoms with Crippen LogP contribution in [0.1, 0.15) is 5.69 Å². The molecule has 0 radical (unpaired) electrons. The number of primary sulfonamides is 1. The van der Waals surface area contributed by atoms with Gasteiger partial charge in [0.2, 0.25) is 10.0 Å². The van der Waals surface area contributed by atoms with Gasteiger partial charge in [-0.1, -0.05) is 6.07 Å². The van der Waals surface area contributed by atoms with Crippen LogP contribution in [-0.4, -0.2) is 25.7 Å². The van der Waals surface area contributed by atoms with Crippen LogP contribution in [0.2, 0.25) is 0 Å². The van der Waals surface area contributed by atoms with Gasteiger partial charge in [-0.25, -0.2) is 18.5 Å². The van der Waals surface area contributed by atoms with Crippen LogP contribution in [0.3, 0.4) is 0 Å². The third kappa shape index (κ3) is 4.39. The second-order valence-electron chi connectivity index (χ2n) is 2.81. The third-order valence-corrected chi connectivity index (χ3v) is 2.33. The Morgan fingerprint density at radius 1 is 1.53 bits per heavy atom. The van der Waals surface area contributed by atoms with Gasteiger partial charge in [0.25, 0.3) is 0 Å². The Morgan fingerprint density at radius 3 is 2.87 bits per heavy atom. The molecular weight excluding hydrogens is 216 g/mol. The number of hydrogen-bond acceptors (Lipinski definition) is 5. The predicted molar refractivity (Wildman–Crippen MR) is 55.4 cm³/mol. The summed E-state index contributed by atoms with van der Waals surface area (Å²) in [6.07, 6.45) is 0. The zero-order chi connectivity index (χ0) is 11.3. The molecule has 0 aliphatic rings. The smallest absolute Gasteiger partial charge is 0.210 e. The van der Waals surface area contributed by atoms with Crippen LogP contribution >= 0.6 is 0 Å². The van der Waals surface area contributed by atoms with Crippen LogP contribution in [-0.2, 0) is 10.0 Å². The Labute approximate surface area is 87.8 Å². The maximum Gasteiger partial charge on any atom is 0.210 e. The summed E-state index contributed by atoms with van der Waals surface area (Å²) >= 11 is 0. The number of pyridine rings is 1. The Balaban J connectivity index is 2.55. The van der Waals surface area contributed by atoms with E-state index >= 15 is 0 Å². The molecule has 0 saturated heterocycles. The van der Waals surface area contributed by atoms with Crippen molar-refractivity contribution in [2.45, 2.75) is 0 Å². The fourth-order valence-electron chi connectivity index (χ4n) is 0.917. The second-order valence-corrected chi connectivity index (χ2v) is 4.55. The van der Waals surface area contributed by atoms with Gasteiger partial charge >= 0.3 is 0 Å². The van der Waals surface area contributed by atoms with Crippen molar-refractivity contribution in [3.05, 3.63) is 23.9 Å². The number of rotatable bonds is 4. The molecule has 0 unspecified atom stereocenters. The lowest BCUT2D eigenvalue weighted by molar-refractivity contribution is 0.598. The van der Waals surface area contributed by atoms with E-state index < -0.39 is 10.0 Å². The van der Waals surface area contributed by atoms with Gasteiger partial charge in [-0.15, -0.1) is 0 Å². The molecule has 0 aliphatic carbocycles. The SMILES string of the molecule is N#Cc1cccc(NCCS(N)(=O)=O)n1. The number of nitrogens with zero attached hydrogens (tertiary/aromatic N) is 2. The summed E-state index contributed by atoms with van der Waals surface area (Å²) in [5.41, 5.74) is 0.274. The molecule has 80 valence electrons. The van der Waals surface area contributed by atoms with Gasteiger partial charge in [-0.2, -0.15) is 5.26 Å². The van der Waals surface area contributed by atoms with E-state index in [4.69, 9.17) is 10.4 Å². The van der Waals surface area contributed by atoms with Gasteiger partial charge in [0.1, 0.15) is 17.6 Å². The largest absolute Gasteiger partial charge is 0.369 e. The number of nitriles is 1. The molecule has 0 bridgehead atoms. The summed E-state index contributed by atoms with van der Waals surface area (Å²) in [5, 5.41) is 16.1. The van der Waals surface area contributed by atoms with Crippen molar-refractivity contribution in [2.24, 2.45) is 5.14 Å². The molecule has 0 amide bonds. The molecule has 1 aromatic rings. The maximum atomic E-state index is 10.6. The van der Waals surface area contributed by atoms with Gasteiger partial charge in [-0.05, 0) is 12.1 Å². The first kappa shape index (κ1) is 11.4. The van der Waals surface area contributed by atoms with Crippen LogP contribution in [0, 0.1) is 11.3 Å². The predicted octanol–water partition coefficient (Wildman–Crippen LogP) is -0.346. The van der Waals surface area contributed by atoms with Crippen LogP contribution in [0.25, 0.3) is 0 Å². The van der Waals surface area contributed by atoms with E-state index in [2.05, 4.69) is 10.3 Å². The van der Waals surface area contributed by atoms with E-state index in [1.165, 1.54) is 0 Å². The molecule has 1 rings (SSSR count). The maximum absolute atomic E-state index is 10.6. The molecule has 0 saturated carbocycles. The van der Waals surface area contributed by atoms with Gasteiger partial charge in [-0.3, -0.25) is 0 Å². The Kier molecular flexibility index (Phi) is 3.60. The van der Waals surface area contributed by atoms with Gasteiger partial charge in [0, 0.05) is 6.54 Å². The quantitative estimate of drug-likeness (QED) is 0.729. The topological polar surface area (TPSA) is 109 Å². The zero-order valence-electron chi connectivity index (χ0n) is 7.84. The molecule has 6 nitrogen and oxygen atoms in total. The highest BCUT2D eigenvalue weighted by Gasteiger charge is 2.02. The standard InChI is InChI=1S/C8H10N4O2S/c9-6-7-2-1-3-8(12-7)11-4-5-15(10,13)14/h1-3H,4-5H2,(H,11,12)(H2,10,13,14). The second kappa shape index (κ2) is 4.72. The van der Waals surface area contributed by atoms with Crippen molar-refractivity contribution in [2.75, 3.05) is 17.6 Å². The van der Waals surface area contributed by atoms with Crippen LogP contribution in [0.4, 0.5) is 5.82 Å². The van der Waals surface area contributed by atoms with E-state index in [1.54, 1.807) is 18.2 Å². The fraction of sp³-hybridized carbons (Fsp3) is 0.250. The summed E-state index contributed by atoms with van der Waals surface area (Å²) in [5.74, 6) is 0.281. The summed E-state index contributed by atoms with van der Waals surface area (Å²) in [6, 6.07) is 6.74. The van der Waals surface area contributed by atoms with Crippen LogP contribution < -0.4 is 10.5 Å². The summed E-state index contributed by atoms with van der Waals surface area (Å²) < 4.78 is 21.2. The van der Waals surface area contributed by atoms with Gasteiger partial charge in [0.15, 0.2) is 0 Å². The van der Waals surface area contributed by atoms with Crippen LogP contribution in [0.5, 0.6) is 0 Å². The summed E-state index contributed by atoms with van der Waals surface area (Å²) in [4.78, 5) is 3.90. The normalized spacial score (nSPS) is 10.7. The monoisotopic (exact) mass is 226 g/mol. The molecule has 3 N–H and O–H groups in total. The number of sulfonamides is 1. The molecule has 7 heteroatoms. The van der Waals surface area contributed by atoms with E-state index in [-0.39, 0.29) is 18.0 Å². The van der Waals surface area contributed by atoms with Crippen molar-refractivity contribution in [1.29, 1.82) is 5.26 Å². The summed E-state index contributed by atoms with van der Waals surface area (Å²) in [7, 11) is -3.47. The highest BCUT2D eigenvalue weighted by atomic mass is 32.2. The molecule has 15 heavy (non-hydrogen) atoms. The van der Waals surface area contributed by atoms with Crippen molar-refractivity contribution in [3.8, 4) is 6.07 Å². The first-order chi connectivity index (χ1) is 7.01. The lowest BCUT2D eigenvalue weighted by atomic mass is 10.3. The number of hydrogen-bond donors (Lipinski definition) is 2. The minimum Gasteiger partial charge on any atom is -0.369 e. The first-order valence-electron chi connectivity index (χ1n) is 4.13. The number of nitrogens with two attached hydrogens (primary N) is 1. The van der Waals surface area contributed by atoms with Crippen molar-refractivity contribution in [1.82, 2.24) is 4.98 Å². The fourth-order valence-corrected chi connectivity index (χ4v) is 1.30. The van der Waals surface area contributed by atoms with Crippen molar-refractivity contribution < 1.29 is 8.42 Å². The molecule has 0 aliphatic heterocycles. The lowest BCUT2D eigenvalue weighted by Gasteiger charge is -2.03. The molecule has 1 aromatic heterocycles. The Bertz CT molecular complexity index is 478. The minimum absolute atomic E-state index is 0.167. The number of nitrogens with one attached hydrogen (secondary N) is 1. The molecule has 1 heterocycles. The number of aromatic nitrogens is 1. The minimum atomic E-state index is -3.47. The number of anilines is 1. The Morgan fingerprint density at radius 2 is 2.27 bits per heavy atom. The van der Waals surface area contributed by atoms with Gasteiger partial charge < -0.3 is 5.32 Å². The molecule has 0 spiro atoms. The van der Waals surface area contributed by atoms with E-state index in [1.807, 2.05) is 6.07 Å². The average Bonchev–Trinajstić information content (AvgIpc) is 2.16. The van der Waals surface area contributed by atoms with Crippen molar-refractivity contribution in [3.63, 3.8) is 0 Å².